The van der Waals surface area contributed by atoms with E-state index in [-0.39, 0.29) is 5.91 Å². The van der Waals surface area contributed by atoms with Crippen molar-refractivity contribution in [2.75, 3.05) is 39.3 Å². The Kier molecular flexibility index (Phi) is 7.10. The molecule has 3 aromatic heterocycles. The number of rotatable bonds is 9. The molecule has 1 aliphatic heterocycles. The van der Waals surface area contributed by atoms with Crippen LogP contribution in [0.15, 0.2) is 32.5 Å². The first-order valence-electron chi connectivity index (χ1n) is 10.6. The van der Waals surface area contributed by atoms with Gasteiger partial charge in [-0.3, -0.25) is 14.6 Å². The van der Waals surface area contributed by atoms with Gasteiger partial charge < -0.3 is 13.8 Å². The third kappa shape index (κ3) is 5.78. The molecular formula is C21H28N6O3S. The molecule has 4 rings (SSSR count). The Morgan fingerprint density at radius 2 is 2.03 bits per heavy atom. The molecule has 10 heteroatoms. The maximum atomic E-state index is 13.0. The van der Waals surface area contributed by atoms with Gasteiger partial charge in [0.05, 0.1) is 23.7 Å². The second-order valence-corrected chi connectivity index (χ2v) is 8.72. The largest absolute Gasteiger partial charge is 0.418 e. The Bertz CT molecular complexity index is 962. The molecular weight excluding hydrogens is 416 g/mol. The van der Waals surface area contributed by atoms with Gasteiger partial charge in [-0.05, 0) is 24.8 Å². The van der Waals surface area contributed by atoms with Crippen molar-refractivity contribution in [3.8, 4) is 10.8 Å². The summed E-state index contributed by atoms with van der Waals surface area (Å²) in [6.45, 7) is 9.68. The molecule has 0 atom stereocenters. The zero-order chi connectivity index (χ0) is 21.6. The summed E-state index contributed by atoms with van der Waals surface area (Å²) in [4.78, 5) is 20.3. The van der Waals surface area contributed by atoms with E-state index in [2.05, 4.69) is 32.1 Å². The maximum absolute atomic E-state index is 13.0. The van der Waals surface area contributed by atoms with Crippen molar-refractivity contribution >= 4 is 17.2 Å². The van der Waals surface area contributed by atoms with Crippen LogP contribution in [0.1, 0.15) is 30.7 Å². The van der Waals surface area contributed by atoms with Crippen LogP contribution in [0.2, 0.25) is 0 Å². The summed E-state index contributed by atoms with van der Waals surface area (Å²) in [5.41, 5.74) is 0.956. The number of piperazine rings is 1. The number of amides is 1. The van der Waals surface area contributed by atoms with Gasteiger partial charge in [0.25, 0.3) is 5.89 Å². The van der Waals surface area contributed by atoms with Crippen molar-refractivity contribution in [2.24, 2.45) is 0 Å². The van der Waals surface area contributed by atoms with Gasteiger partial charge in [-0.25, -0.2) is 0 Å². The van der Waals surface area contributed by atoms with Crippen molar-refractivity contribution in [2.45, 2.75) is 33.4 Å². The van der Waals surface area contributed by atoms with Gasteiger partial charge >= 0.3 is 0 Å². The quantitative estimate of drug-likeness (QED) is 0.497. The predicted octanol–water partition coefficient (Wildman–Crippen LogP) is 2.65. The van der Waals surface area contributed by atoms with Gasteiger partial charge in [0.15, 0.2) is 0 Å². The molecule has 1 amide bonds. The molecule has 0 aromatic carbocycles. The van der Waals surface area contributed by atoms with Crippen LogP contribution in [0.3, 0.4) is 0 Å². The molecule has 0 saturated carbocycles. The Balaban J connectivity index is 1.28. The summed E-state index contributed by atoms with van der Waals surface area (Å²) >= 11 is 1.55. The Hall–Kier alpha value is -2.56. The number of carbonyl (C=O) groups is 1. The van der Waals surface area contributed by atoms with Crippen molar-refractivity contribution in [1.82, 2.24) is 30.1 Å². The highest BCUT2D eigenvalue weighted by molar-refractivity contribution is 7.13. The number of hydrogen-bond donors (Lipinski definition) is 0. The summed E-state index contributed by atoms with van der Waals surface area (Å²) in [6.07, 6.45) is 0.878. The van der Waals surface area contributed by atoms with Crippen molar-refractivity contribution in [3.63, 3.8) is 0 Å². The number of hydrogen-bond acceptors (Lipinski definition) is 9. The van der Waals surface area contributed by atoms with Crippen LogP contribution in [-0.4, -0.2) is 75.2 Å². The molecule has 166 valence electrons. The third-order valence-corrected chi connectivity index (χ3v) is 6.12. The summed E-state index contributed by atoms with van der Waals surface area (Å²) < 4.78 is 10.9. The van der Waals surface area contributed by atoms with Gasteiger partial charge in [-0.2, -0.15) is 0 Å². The van der Waals surface area contributed by atoms with E-state index in [1.165, 1.54) is 0 Å². The van der Waals surface area contributed by atoms with E-state index in [1.807, 2.05) is 35.4 Å². The average molecular weight is 445 g/mol. The van der Waals surface area contributed by atoms with Crippen LogP contribution in [0.4, 0.5) is 0 Å². The monoisotopic (exact) mass is 444 g/mol. The summed E-state index contributed by atoms with van der Waals surface area (Å²) in [5.74, 6) is 1.91. The highest BCUT2D eigenvalue weighted by Gasteiger charge is 2.23. The van der Waals surface area contributed by atoms with Crippen LogP contribution in [0.25, 0.3) is 10.8 Å². The van der Waals surface area contributed by atoms with E-state index in [4.69, 9.17) is 8.94 Å². The van der Waals surface area contributed by atoms with Gasteiger partial charge in [-0.1, -0.05) is 18.1 Å². The fraction of sp³-hybridized carbons (Fsp3) is 0.524. The van der Waals surface area contributed by atoms with E-state index < -0.39 is 0 Å². The number of aromatic nitrogens is 3. The molecule has 0 aliphatic carbocycles. The van der Waals surface area contributed by atoms with E-state index in [9.17, 15) is 4.79 Å². The molecule has 0 radical (unpaired) electrons. The molecule has 9 nitrogen and oxygen atoms in total. The molecule has 0 bridgehead atoms. The third-order valence-electron chi connectivity index (χ3n) is 5.26. The minimum absolute atomic E-state index is 0.0956. The zero-order valence-electron chi connectivity index (χ0n) is 18.0. The number of carbonyl (C=O) groups excluding carboxylic acids is 1. The second-order valence-electron chi connectivity index (χ2n) is 7.77. The minimum atomic E-state index is 0.0956. The van der Waals surface area contributed by atoms with Gasteiger partial charge in [-0.15, -0.1) is 21.5 Å². The molecule has 31 heavy (non-hydrogen) atoms. The van der Waals surface area contributed by atoms with Crippen LogP contribution in [-0.2, 0) is 17.9 Å². The first-order chi connectivity index (χ1) is 15.1. The van der Waals surface area contributed by atoms with Gasteiger partial charge in [0, 0.05) is 45.3 Å². The van der Waals surface area contributed by atoms with Crippen LogP contribution in [0, 0.1) is 6.92 Å². The number of nitrogens with zero attached hydrogens (tertiary/aromatic N) is 6. The molecule has 3 aromatic rings. The van der Waals surface area contributed by atoms with E-state index in [1.54, 1.807) is 11.3 Å². The number of aryl methyl sites for hydroxylation is 1. The lowest BCUT2D eigenvalue weighted by atomic mass is 10.2. The maximum Gasteiger partial charge on any atom is 0.257 e. The smallest absolute Gasteiger partial charge is 0.257 e. The van der Waals surface area contributed by atoms with E-state index >= 15 is 0 Å². The highest BCUT2D eigenvalue weighted by atomic mass is 32.1. The first-order valence-corrected chi connectivity index (χ1v) is 11.5. The molecule has 1 aliphatic rings. The average Bonchev–Trinajstić information content (AvgIpc) is 3.51. The topological polar surface area (TPSA) is 91.7 Å². The minimum Gasteiger partial charge on any atom is -0.418 e. The molecule has 4 heterocycles. The summed E-state index contributed by atoms with van der Waals surface area (Å²) in [7, 11) is 0. The fourth-order valence-corrected chi connectivity index (χ4v) is 4.31. The molecule has 0 unspecified atom stereocenters. The van der Waals surface area contributed by atoms with Crippen molar-refractivity contribution < 1.29 is 13.7 Å². The number of thiophene rings is 1. The fourth-order valence-electron chi connectivity index (χ4n) is 3.66. The zero-order valence-corrected chi connectivity index (χ0v) is 18.8. The summed E-state index contributed by atoms with van der Waals surface area (Å²) in [5, 5.41) is 14.3. The first kappa shape index (κ1) is 21.7. The van der Waals surface area contributed by atoms with Crippen LogP contribution < -0.4 is 0 Å². The molecule has 1 saturated heterocycles. The van der Waals surface area contributed by atoms with Gasteiger partial charge in [0.2, 0.25) is 11.8 Å². The van der Waals surface area contributed by atoms with Crippen LogP contribution in [0.5, 0.6) is 0 Å². The van der Waals surface area contributed by atoms with Gasteiger partial charge in [0.1, 0.15) is 5.76 Å². The lowest BCUT2D eigenvalue weighted by molar-refractivity contribution is -0.133. The van der Waals surface area contributed by atoms with Crippen molar-refractivity contribution in [3.05, 3.63) is 40.9 Å². The Morgan fingerprint density at radius 1 is 1.23 bits per heavy atom. The normalized spacial score (nSPS) is 15.4. The highest BCUT2D eigenvalue weighted by Crippen LogP contribution is 2.23. The lowest BCUT2D eigenvalue weighted by Gasteiger charge is -2.34. The second kappa shape index (κ2) is 10.2. The lowest BCUT2D eigenvalue weighted by Crippen LogP contribution is -2.49. The van der Waals surface area contributed by atoms with E-state index in [0.29, 0.717) is 31.4 Å². The molecule has 0 spiro atoms. The summed E-state index contributed by atoms with van der Waals surface area (Å²) in [6, 6.07) is 5.86. The Labute approximate surface area is 185 Å². The Morgan fingerprint density at radius 3 is 2.71 bits per heavy atom. The van der Waals surface area contributed by atoms with E-state index in [0.717, 1.165) is 55.5 Å². The van der Waals surface area contributed by atoms with Crippen LogP contribution >= 0.6 is 11.3 Å². The standard InChI is InChI=1S/C21H28N6O3S/c1-3-6-27(14-19-22-23-21(29-19)18-5-4-11-31-18)20(28)15-26-9-7-25(8-10-26)13-17-12-16(2)30-24-17/h4-5,11-12H,3,6-10,13-15H2,1-2H3. The SMILES string of the molecule is CCCN(Cc1nnc(-c2cccs2)o1)C(=O)CN1CCN(Cc2cc(C)on2)CC1. The molecule has 0 N–H and O–H groups in total. The molecule has 1 fully saturated rings. The van der Waals surface area contributed by atoms with Crippen molar-refractivity contribution in [1.29, 1.82) is 0 Å². The predicted molar refractivity (Wildman–Crippen MR) is 116 cm³/mol.